The number of aromatic amines is 1. The van der Waals surface area contributed by atoms with E-state index in [1.807, 2.05) is 30.5 Å². The Bertz CT molecular complexity index is 980. The van der Waals surface area contributed by atoms with Crippen molar-refractivity contribution >= 4 is 22.5 Å². The summed E-state index contributed by atoms with van der Waals surface area (Å²) in [4.78, 5) is 27.4. The number of aromatic nitrogens is 2. The summed E-state index contributed by atoms with van der Waals surface area (Å²) in [5.41, 5.74) is 2.96. The molecular formula is C19H21N3O2. The smallest absolute Gasteiger partial charge is 0.261 e. The lowest BCUT2D eigenvalue weighted by Gasteiger charge is -2.11. The number of hydrogen-bond donors (Lipinski definition) is 2. The van der Waals surface area contributed by atoms with Gasteiger partial charge in [-0.3, -0.25) is 9.59 Å². The Morgan fingerprint density at radius 2 is 1.96 bits per heavy atom. The molecule has 24 heavy (non-hydrogen) atoms. The Balaban J connectivity index is 2.02. The maximum absolute atomic E-state index is 12.6. The van der Waals surface area contributed by atoms with Gasteiger partial charge in [0.1, 0.15) is 5.56 Å². The van der Waals surface area contributed by atoms with Crippen molar-refractivity contribution in [1.29, 1.82) is 0 Å². The highest BCUT2D eigenvalue weighted by Gasteiger charge is 2.16. The number of anilines is 1. The van der Waals surface area contributed by atoms with Crippen molar-refractivity contribution in [3.05, 3.63) is 63.7 Å². The van der Waals surface area contributed by atoms with Crippen molar-refractivity contribution in [2.75, 3.05) is 5.32 Å². The molecule has 5 heteroatoms. The molecule has 0 radical (unpaired) electrons. The summed E-state index contributed by atoms with van der Waals surface area (Å²) in [6.07, 6.45) is 2.01. The van der Waals surface area contributed by atoms with Crippen LogP contribution < -0.4 is 10.9 Å². The lowest BCUT2D eigenvalue weighted by atomic mass is 10.1. The number of nitrogens with zero attached hydrogens (tertiary/aromatic N) is 1. The Labute approximate surface area is 140 Å². The van der Waals surface area contributed by atoms with Crippen LogP contribution in [0.15, 0.2) is 41.3 Å². The lowest BCUT2D eigenvalue weighted by Crippen LogP contribution is -2.25. The summed E-state index contributed by atoms with van der Waals surface area (Å²) in [5, 5.41) is 3.84. The maximum atomic E-state index is 12.6. The van der Waals surface area contributed by atoms with Gasteiger partial charge in [0.2, 0.25) is 0 Å². The Hall–Kier alpha value is -2.82. The Morgan fingerprint density at radius 3 is 2.62 bits per heavy atom. The Kier molecular flexibility index (Phi) is 4.01. The minimum absolute atomic E-state index is 0.154. The number of nitrogens with one attached hydrogen (secondary N) is 2. The third kappa shape index (κ3) is 2.73. The number of rotatable bonds is 3. The number of pyridine rings is 1. The molecule has 0 unspecified atom stereocenters. The van der Waals surface area contributed by atoms with E-state index >= 15 is 0 Å². The van der Waals surface area contributed by atoms with Crippen LogP contribution in [0.1, 0.15) is 41.5 Å². The van der Waals surface area contributed by atoms with E-state index < -0.39 is 5.91 Å². The fraction of sp³-hybridized carbons (Fsp3) is 0.263. The largest absolute Gasteiger partial charge is 0.345 e. The van der Waals surface area contributed by atoms with E-state index in [1.165, 1.54) is 0 Å². The van der Waals surface area contributed by atoms with E-state index in [0.29, 0.717) is 17.3 Å². The monoisotopic (exact) mass is 323 g/mol. The fourth-order valence-corrected chi connectivity index (χ4v) is 3.07. The quantitative estimate of drug-likeness (QED) is 0.770. The van der Waals surface area contributed by atoms with Crippen LogP contribution in [0, 0.1) is 13.8 Å². The molecule has 2 heterocycles. The minimum atomic E-state index is -0.390. The highest BCUT2D eigenvalue weighted by molar-refractivity contribution is 6.09. The molecule has 2 N–H and O–H groups in total. The summed E-state index contributed by atoms with van der Waals surface area (Å²) in [5.74, 6) is -0.390. The van der Waals surface area contributed by atoms with Gasteiger partial charge in [0.25, 0.3) is 11.5 Å². The number of fused-ring (bicyclic) bond motifs is 1. The molecule has 2 aromatic heterocycles. The number of hydrogen-bond acceptors (Lipinski definition) is 2. The molecule has 0 saturated heterocycles. The van der Waals surface area contributed by atoms with Crippen LogP contribution in [0.25, 0.3) is 10.9 Å². The summed E-state index contributed by atoms with van der Waals surface area (Å²) in [7, 11) is 0. The number of carbonyl (C=O) groups excluding carboxylic acids is 1. The average molecular weight is 323 g/mol. The summed E-state index contributed by atoms with van der Waals surface area (Å²) in [6, 6.07) is 9.89. The average Bonchev–Trinajstić information content (AvgIpc) is 2.91. The molecule has 3 aromatic rings. The maximum Gasteiger partial charge on any atom is 0.261 e. The Morgan fingerprint density at radius 1 is 1.21 bits per heavy atom. The van der Waals surface area contributed by atoms with Crippen LogP contribution in [-0.2, 0) is 0 Å². The molecule has 0 aliphatic rings. The van der Waals surface area contributed by atoms with Gasteiger partial charge in [-0.1, -0.05) is 6.07 Å². The zero-order valence-corrected chi connectivity index (χ0v) is 14.3. The van der Waals surface area contributed by atoms with Crippen molar-refractivity contribution in [3.63, 3.8) is 0 Å². The fourth-order valence-electron chi connectivity index (χ4n) is 3.07. The summed E-state index contributed by atoms with van der Waals surface area (Å²) >= 11 is 0. The second-order valence-electron chi connectivity index (χ2n) is 6.35. The van der Waals surface area contributed by atoms with E-state index in [9.17, 15) is 9.59 Å². The molecule has 0 atom stereocenters. The third-order valence-corrected chi connectivity index (χ3v) is 4.16. The number of amides is 1. The van der Waals surface area contributed by atoms with Gasteiger partial charge in [-0.05, 0) is 57.5 Å². The highest BCUT2D eigenvalue weighted by atomic mass is 16.2. The third-order valence-electron chi connectivity index (χ3n) is 4.16. The standard InChI is InChI=1S/C19H21N3O2/c1-11(2)22-9-8-14-15(6-5-7-16(14)22)21-19(24)17-12(3)10-13(4)20-18(17)23/h5-11H,1-4H3,(H,20,23)(H,21,24). The molecule has 1 aromatic carbocycles. The van der Waals surface area contributed by atoms with Gasteiger partial charge in [0, 0.05) is 23.3 Å². The zero-order valence-electron chi connectivity index (χ0n) is 14.3. The van der Waals surface area contributed by atoms with E-state index in [1.54, 1.807) is 19.9 Å². The second kappa shape index (κ2) is 6.00. The molecule has 0 spiro atoms. The van der Waals surface area contributed by atoms with Crippen molar-refractivity contribution in [1.82, 2.24) is 9.55 Å². The van der Waals surface area contributed by atoms with Crippen LogP contribution >= 0.6 is 0 Å². The molecule has 0 saturated carbocycles. The van der Waals surface area contributed by atoms with Gasteiger partial charge in [-0.2, -0.15) is 0 Å². The second-order valence-corrected chi connectivity index (χ2v) is 6.35. The number of benzene rings is 1. The SMILES string of the molecule is Cc1cc(C)c(C(=O)Nc2cccc3c2ccn3C(C)C)c(=O)[nH]1. The molecule has 1 amide bonds. The molecule has 5 nitrogen and oxygen atoms in total. The van der Waals surface area contributed by atoms with Gasteiger partial charge < -0.3 is 14.9 Å². The van der Waals surface area contributed by atoms with Gasteiger partial charge in [-0.25, -0.2) is 0 Å². The molecule has 0 aliphatic heterocycles. The van der Waals surface area contributed by atoms with E-state index in [2.05, 4.69) is 28.7 Å². The number of aryl methyl sites for hydroxylation is 2. The normalized spacial score (nSPS) is 11.2. The van der Waals surface area contributed by atoms with Crippen molar-refractivity contribution < 1.29 is 4.79 Å². The van der Waals surface area contributed by atoms with Crippen LogP contribution in [0.4, 0.5) is 5.69 Å². The van der Waals surface area contributed by atoms with Crippen LogP contribution in [0.5, 0.6) is 0 Å². The zero-order chi connectivity index (χ0) is 17.4. The summed E-state index contributed by atoms with van der Waals surface area (Å²) in [6.45, 7) is 7.79. The number of H-pyrrole nitrogens is 1. The molecule has 3 rings (SSSR count). The van der Waals surface area contributed by atoms with Crippen LogP contribution in [-0.4, -0.2) is 15.5 Å². The van der Waals surface area contributed by atoms with Gasteiger partial charge in [0.15, 0.2) is 0 Å². The molecule has 0 aliphatic carbocycles. The van der Waals surface area contributed by atoms with Gasteiger partial charge >= 0.3 is 0 Å². The molecule has 0 bridgehead atoms. The van der Waals surface area contributed by atoms with E-state index in [4.69, 9.17) is 0 Å². The van der Waals surface area contributed by atoms with Crippen molar-refractivity contribution in [2.24, 2.45) is 0 Å². The molecular weight excluding hydrogens is 302 g/mol. The van der Waals surface area contributed by atoms with E-state index in [0.717, 1.165) is 16.6 Å². The molecule has 124 valence electrons. The first-order chi connectivity index (χ1) is 11.4. The predicted octanol–water partition coefficient (Wildman–Crippen LogP) is 3.78. The van der Waals surface area contributed by atoms with Crippen molar-refractivity contribution in [3.8, 4) is 0 Å². The first kappa shape index (κ1) is 16.1. The first-order valence-corrected chi connectivity index (χ1v) is 8.00. The topological polar surface area (TPSA) is 66.9 Å². The van der Waals surface area contributed by atoms with Gasteiger partial charge in [-0.15, -0.1) is 0 Å². The van der Waals surface area contributed by atoms with Crippen LogP contribution in [0.2, 0.25) is 0 Å². The minimum Gasteiger partial charge on any atom is -0.345 e. The predicted molar refractivity (Wildman–Crippen MR) is 96.8 cm³/mol. The summed E-state index contributed by atoms with van der Waals surface area (Å²) < 4.78 is 2.15. The number of carbonyl (C=O) groups is 1. The lowest BCUT2D eigenvalue weighted by molar-refractivity contribution is 0.102. The van der Waals surface area contributed by atoms with E-state index in [-0.39, 0.29) is 11.1 Å². The van der Waals surface area contributed by atoms with Gasteiger partial charge in [0.05, 0.1) is 11.2 Å². The van der Waals surface area contributed by atoms with Crippen molar-refractivity contribution in [2.45, 2.75) is 33.7 Å². The molecule has 0 fully saturated rings. The first-order valence-electron chi connectivity index (χ1n) is 8.00. The van der Waals surface area contributed by atoms with Crippen LogP contribution in [0.3, 0.4) is 0 Å². The highest BCUT2D eigenvalue weighted by Crippen LogP contribution is 2.27.